The molecule has 1 aliphatic rings. The quantitative estimate of drug-likeness (QED) is 0.315. The van der Waals surface area contributed by atoms with Crippen LogP contribution in [0.5, 0.6) is 5.75 Å². The molecular weight excluding hydrogens is 504 g/mol. The van der Waals surface area contributed by atoms with Gasteiger partial charge in [0.05, 0.1) is 5.52 Å². The first kappa shape index (κ1) is 27.3. The average molecular weight is 533 g/mol. The summed E-state index contributed by atoms with van der Waals surface area (Å²) < 4.78 is 57.3. The molecule has 1 aliphatic heterocycles. The zero-order valence-electron chi connectivity index (χ0n) is 21.5. The van der Waals surface area contributed by atoms with E-state index in [1.54, 1.807) is 19.2 Å². The van der Waals surface area contributed by atoms with Crippen molar-refractivity contribution in [1.29, 1.82) is 0 Å². The van der Waals surface area contributed by atoms with E-state index < -0.39 is 23.6 Å². The molecular formula is C26H28F4N6O2. The Hall–Kier alpha value is -3.72. The van der Waals surface area contributed by atoms with Gasteiger partial charge in [-0.3, -0.25) is 9.47 Å². The van der Waals surface area contributed by atoms with Crippen molar-refractivity contribution >= 4 is 22.7 Å². The van der Waals surface area contributed by atoms with Gasteiger partial charge in [-0.2, -0.15) is 4.98 Å². The number of rotatable bonds is 6. The fourth-order valence-electron chi connectivity index (χ4n) is 5.06. The highest BCUT2D eigenvalue weighted by atomic mass is 19.4. The molecule has 1 saturated heterocycles. The molecule has 12 heteroatoms. The maximum atomic E-state index is 14.5. The van der Waals surface area contributed by atoms with Gasteiger partial charge in [-0.15, -0.1) is 18.2 Å². The maximum Gasteiger partial charge on any atom is 0.573 e. The van der Waals surface area contributed by atoms with E-state index in [9.17, 15) is 22.4 Å². The molecule has 38 heavy (non-hydrogen) atoms. The SMILES string of the molecule is [C-]#[N+]c1ccc2c(n1)c(N1C[C@@H](CC)N(C(C)c3ccc(OC(F)(F)F)c(F)c3)C[C@@H]1CC)nc(=O)n2C. The van der Waals surface area contributed by atoms with Gasteiger partial charge in [0.2, 0.25) is 5.52 Å². The molecule has 1 aromatic carbocycles. The number of piperazine rings is 1. The van der Waals surface area contributed by atoms with Crippen LogP contribution >= 0.6 is 0 Å². The van der Waals surface area contributed by atoms with E-state index in [-0.39, 0.29) is 23.9 Å². The van der Waals surface area contributed by atoms with Crippen molar-refractivity contribution in [1.82, 2.24) is 19.4 Å². The summed E-state index contributed by atoms with van der Waals surface area (Å²) in [5.74, 6) is -1.33. The number of hydrogen-bond donors (Lipinski definition) is 0. The average Bonchev–Trinajstić information content (AvgIpc) is 2.89. The minimum absolute atomic E-state index is 0.0353. The first-order valence-electron chi connectivity index (χ1n) is 12.3. The van der Waals surface area contributed by atoms with E-state index in [1.165, 1.54) is 10.6 Å². The highest BCUT2D eigenvalue weighted by Gasteiger charge is 2.38. The first-order valence-corrected chi connectivity index (χ1v) is 12.3. The molecule has 0 N–H and O–H groups in total. The van der Waals surface area contributed by atoms with E-state index in [0.29, 0.717) is 41.9 Å². The summed E-state index contributed by atoms with van der Waals surface area (Å²) in [6.45, 7) is 14.3. The van der Waals surface area contributed by atoms with E-state index in [2.05, 4.69) is 29.3 Å². The Bertz CT molecular complexity index is 1430. The van der Waals surface area contributed by atoms with Crippen LogP contribution in [0.25, 0.3) is 15.9 Å². The molecule has 3 atom stereocenters. The summed E-state index contributed by atoms with van der Waals surface area (Å²) in [5, 5.41) is 0. The zero-order valence-corrected chi connectivity index (χ0v) is 21.5. The predicted molar refractivity (Wildman–Crippen MR) is 135 cm³/mol. The molecule has 0 bridgehead atoms. The predicted octanol–water partition coefficient (Wildman–Crippen LogP) is 5.36. The smallest absolute Gasteiger partial charge is 0.403 e. The molecule has 0 amide bonds. The fourth-order valence-corrected chi connectivity index (χ4v) is 5.06. The summed E-state index contributed by atoms with van der Waals surface area (Å²) in [7, 11) is 1.61. The Labute approximate surface area is 217 Å². The third-order valence-electron chi connectivity index (χ3n) is 7.15. The number of nitrogens with zero attached hydrogens (tertiary/aromatic N) is 6. The largest absolute Gasteiger partial charge is 0.573 e. The van der Waals surface area contributed by atoms with Gasteiger partial charge in [0.1, 0.15) is 0 Å². The third-order valence-corrected chi connectivity index (χ3v) is 7.15. The number of fused-ring (bicyclic) bond motifs is 1. The second-order valence-electron chi connectivity index (χ2n) is 9.31. The molecule has 1 unspecified atom stereocenters. The van der Waals surface area contributed by atoms with Crippen LogP contribution in [0.2, 0.25) is 0 Å². The number of hydrogen-bond acceptors (Lipinski definition) is 6. The van der Waals surface area contributed by atoms with Crippen LogP contribution < -0.4 is 15.3 Å². The topological polar surface area (TPSA) is 67.9 Å². The molecule has 0 radical (unpaired) electrons. The standard InChI is InChI=1S/C26H28F4N6O2/c1-6-17-14-36(24-23-20(34(5)25(37)33-24)9-11-22(31-4)32-23)18(7-2)13-35(17)15(3)16-8-10-21(19(27)12-16)38-26(28,29)30/h8-12,15,17-18H,6-7,13-14H2,1-3,5H3/t15?,17-,18+/m1/s1. The number of anilines is 1. The lowest BCUT2D eigenvalue weighted by molar-refractivity contribution is -0.275. The van der Waals surface area contributed by atoms with Gasteiger partial charge in [-0.1, -0.05) is 26.5 Å². The normalized spacial score (nSPS) is 19.4. The van der Waals surface area contributed by atoms with Crippen LogP contribution in [0.15, 0.2) is 35.1 Å². The van der Waals surface area contributed by atoms with Gasteiger partial charge in [0.25, 0.3) is 5.82 Å². The van der Waals surface area contributed by atoms with Crippen LogP contribution in [-0.2, 0) is 7.05 Å². The van der Waals surface area contributed by atoms with Gasteiger partial charge in [-0.25, -0.2) is 9.18 Å². The van der Waals surface area contributed by atoms with Crippen molar-refractivity contribution in [3.05, 3.63) is 63.6 Å². The number of ether oxygens (including phenoxy) is 1. The highest BCUT2D eigenvalue weighted by Crippen LogP contribution is 2.35. The minimum Gasteiger partial charge on any atom is -0.403 e. The lowest BCUT2D eigenvalue weighted by atomic mass is 9.97. The minimum atomic E-state index is -4.98. The Morgan fingerprint density at radius 1 is 1.13 bits per heavy atom. The monoisotopic (exact) mass is 532 g/mol. The lowest BCUT2D eigenvalue weighted by Crippen LogP contribution is -2.59. The Morgan fingerprint density at radius 2 is 1.84 bits per heavy atom. The summed E-state index contributed by atoms with van der Waals surface area (Å²) in [5.41, 5.74) is 1.14. The van der Waals surface area contributed by atoms with Crippen LogP contribution in [-0.4, -0.2) is 51.0 Å². The van der Waals surface area contributed by atoms with E-state index in [4.69, 9.17) is 6.57 Å². The molecule has 4 rings (SSSR count). The molecule has 3 aromatic rings. The third kappa shape index (κ3) is 5.29. The number of pyridine rings is 1. The lowest BCUT2D eigenvalue weighted by Gasteiger charge is -2.49. The second-order valence-corrected chi connectivity index (χ2v) is 9.31. The summed E-state index contributed by atoms with van der Waals surface area (Å²) in [6.07, 6.45) is -3.56. The zero-order chi connectivity index (χ0) is 27.8. The molecule has 0 saturated carbocycles. The van der Waals surface area contributed by atoms with Crippen molar-refractivity contribution in [2.24, 2.45) is 7.05 Å². The van der Waals surface area contributed by atoms with E-state index >= 15 is 0 Å². The molecule has 2 aromatic heterocycles. The Kier molecular flexibility index (Phi) is 7.60. The molecule has 8 nitrogen and oxygen atoms in total. The van der Waals surface area contributed by atoms with Gasteiger partial charge < -0.3 is 14.5 Å². The van der Waals surface area contributed by atoms with Crippen molar-refractivity contribution in [2.75, 3.05) is 18.0 Å². The van der Waals surface area contributed by atoms with Crippen LogP contribution in [0, 0.1) is 12.4 Å². The van der Waals surface area contributed by atoms with Crippen LogP contribution in [0.1, 0.15) is 45.2 Å². The number of benzene rings is 1. The molecule has 202 valence electrons. The van der Waals surface area contributed by atoms with Gasteiger partial charge in [-0.05, 0) is 49.6 Å². The van der Waals surface area contributed by atoms with Crippen LogP contribution in [0.4, 0.5) is 29.2 Å². The second kappa shape index (κ2) is 10.6. The number of halogens is 4. The van der Waals surface area contributed by atoms with Gasteiger partial charge in [0, 0.05) is 38.3 Å². The number of aromatic nitrogens is 3. The summed E-state index contributed by atoms with van der Waals surface area (Å²) in [4.78, 5) is 29.2. The number of aryl methyl sites for hydroxylation is 1. The van der Waals surface area contributed by atoms with Gasteiger partial charge in [0.15, 0.2) is 17.4 Å². The molecule has 3 heterocycles. The van der Waals surface area contributed by atoms with Crippen LogP contribution in [0.3, 0.4) is 0 Å². The van der Waals surface area contributed by atoms with Gasteiger partial charge >= 0.3 is 12.1 Å². The fraction of sp³-hybridized carbons (Fsp3) is 0.462. The molecule has 0 spiro atoms. The van der Waals surface area contributed by atoms with Crippen molar-refractivity contribution in [2.45, 2.75) is 58.1 Å². The molecule has 1 fully saturated rings. The van der Waals surface area contributed by atoms with E-state index in [0.717, 1.165) is 18.6 Å². The Balaban J connectivity index is 1.69. The summed E-state index contributed by atoms with van der Waals surface area (Å²) in [6, 6.07) is 6.36. The van der Waals surface area contributed by atoms with Crippen molar-refractivity contribution < 1.29 is 22.3 Å². The summed E-state index contributed by atoms with van der Waals surface area (Å²) >= 11 is 0. The maximum absolute atomic E-state index is 14.5. The highest BCUT2D eigenvalue weighted by molar-refractivity contribution is 5.87. The first-order chi connectivity index (χ1) is 18.0. The Morgan fingerprint density at radius 3 is 2.45 bits per heavy atom. The van der Waals surface area contributed by atoms with Crippen molar-refractivity contribution in [3.63, 3.8) is 0 Å². The van der Waals surface area contributed by atoms with E-state index in [1.807, 2.05) is 20.8 Å². The van der Waals surface area contributed by atoms with Crippen molar-refractivity contribution in [3.8, 4) is 5.75 Å². The molecule has 0 aliphatic carbocycles. The number of alkyl halides is 3.